The van der Waals surface area contributed by atoms with Crippen molar-refractivity contribution in [1.82, 2.24) is 5.32 Å². The summed E-state index contributed by atoms with van der Waals surface area (Å²) in [5.74, 6) is -0.888. The highest BCUT2D eigenvalue weighted by atomic mass is 16.5. The second-order valence-electron chi connectivity index (χ2n) is 3.73. The third-order valence-electron chi connectivity index (χ3n) is 2.27. The summed E-state index contributed by atoms with van der Waals surface area (Å²) in [5.41, 5.74) is 6.44. The summed E-state index contributed by atoms with van der Waals surface area (Å²) >= 11 is 0. The number of carbonyl (C=O) groups is 2. The van der Waals surface area contributed by atoms with Crippen LogP contribution in [0.1, 0.15) is 22.8 Å². The highest BCUT2D eigenvalue weighted by Gasteiger charge is 2.13. The van der Waals surface area contributed by atoms with E-state index in [2.05, 4.69) is 5.32 Å². The fraction of sp³-hybridized carbons (Fsp3) is 0.333. The van der Waals surface area contributed by atoms with Gasteiger partial charge in [0.25, 0.3) is 5.91 Å². The second kappa shape index (κ2) is 6.00. The average Bonchev–Trinajstić information content (AvgIpc) is 2.29. The van der Waals surface area contributed by atoms with Gasteiger partial charge in [0.05, 0.1) is 6.61 Å². The van der Waals surface area contributed by atoms with Gasteiger partial charge in [0.2, 0.25) is 5.91 Å². The Bertz CT molecular complexity index is 418. The Morgan fingerprint density at radius 3 is 2.76 bits per heavy atom. The number of carbonyl (C=O) groups excluding carboxylic acids is 2. The summed E-state index contributed by atoms with van der Waals surface area (Å²) in [7, 11) is 1.59. The van der Waals surface area contributed by atoms with Crippen molar-refractivity contribution in [3.8, 4) is 0 Å². The van der Waals surface area contributed by atoms with Gasteiger partial charge in [-0.05, 0) is 24.6 Å². The Morgan fingerprint density at radius 1 is 1.47 bits per heavy atom. The lowest BCUT2D eigenvalue weighted by atomic mass is 10.1. The summed E-state index contributed by atoms with van der Waals surface area (Å²) in [6, 6.07) is 6.32. The van der Waals surface area contributed by atoms with Crippen LogP contribution in [-0.2, 0) is 16.1 Å². The van der Waals surface area contributed by atoms with E-state index in [1.165, 1.54) is 0 Å². The standard InChI is InChI=1S/C12H16N2O3/c1-8(11(13)15)14-12(16)10-5-3-4-9(6-10)7-17-2/h3-6,8H,7H2,1-2H3,(H2,13,15)(H,14,16). The van der Waals surface area contributed by atoms with Crippen molar-refractivity contribution in [3.63, 3.8) is 0 Å². The maximum absolute atomic E-state index is 11.8. The Labute approximate surface area is 99.9 Å². The Hall–Kier alpha value is -1.88. The van der Waals surface area contributed by atoms with Gasteiger partial charge in [-0.1, -0.05) is 12.1 Å². The minimum absolute atomic E-state index is 0.325. The molecule has 0 spiro atoms. The number of benzene rings is 1. The number of nitrogens with one attached hydrogen (secondary N) is 1. The van der Waals surface area contributed by atoms with Crippen LogP contribution < -0.4 is 11.1 Å². The van der Waals surface area contributed by atoms with Crippen molar-refractivity contribution in [2.24, 2.45) is 5.73 Å². The summed E-state index contributed by atoms with van der Waals surface area (Å²) in [6.45, 7) is 1.98. The number of methoxy groups -OCH3 is 1. The first-order chi connectivity index (χ1) is 8.04. The molecular weight excluding hydrogens is 220 g/mol. The van der Waals surface area contributed by atoms with Gasteiger partial charge in [-0.2, -0.15) is 0 Å². The molecule has 5 heteroatoms. The van der Waals surface area contributed by atoms with Crippen molar-refractivity contribution < 1.29 is 14.3 Å². The van der Waals surface area contributed by atoms with Gasteiger partial charge in [-0.25, -0.2) is 0 Å². The van der Waals surface area contributed by atoms with Crippen molar-refractivity contribution in [3.05, 3.63) is 35.4 Å². The number of amides is 2. The Balaban J connectivity index is 2.75. The third kappa shape index (κ3) is 3.88. The predicted octanol–water partition coefficient (Wildman–Crippen LogP) is 0.437. The molecule has 0 saturated carbocycles. The molecule has 2 amide bonds. The molecule has 0 aliphatic heterocycles. The molecule has 1 aromatic rings. The lowest BCUT2D eigenvalue weighted by molar-refractivity contribution is -0.119. The molecule has 0 aliphatic carbocycles. The molecule has 1 unspecified atom stereocenters. The molecule has 0 saturated heterocycles. The topological polar surface area (TPSA) is 81.4 Å². The van der Waals surface area contributed by atoms with Crippen LogP contribution in [0.4, 0.5) is 0 Å². The van der Waals surface area contributed by atoms with Crippen molar-refractivity contribution in [1.29, 1.82) is 0 Å². The molecule has 0 aromatic heterocycles. The SMILES string of the molecule is COCc1cccc(C(=O)NC(C)C(N)=O)c1. The zero-order valence-electron chi connectivity index (χ0n) is 9.90. The van der Waals surface area contributed by atoms with Crippen LogP contribution in [0, 0.1) is 0 Å². The van der Waals surface area contributed by atoms with Gasteiger partial charge in [0.1, 0.15) is 6.04 Å². The van der Waals surface area contributed by atoms with E-state index >= 15 is 0 Å². The highest BCUT2D eigenvalue weighted by molar-refractivity contribution is 5.97. The fourth-order valence-electron chi connectivity index (χ4n) is 1.32. The van der Waals surface area contributed by atoms with Crippen LogP contribution >= 0.6 is 0 Å². The zero-order valence-corrected chi connectivity index (χ0v) is 9.90. The Kier molecular flexibility index (Phi) is 4.66. The lowest BCUT2D eigenvalue weighted by Crippen LogP contribution is -2.42. The van der Waals surface area contributed by atoms with E-state index in [9.17, 15) is 9.59 Å². The van der Waals surface area contributed by atoms with E-state index in [0.29, 0.717) is 12.2 Å². The van der Waals surface area contributed by atoms with Crippen LogP contribution in [0.3, 0.4) is 0 Å². The van der Waals surface area contributed by atoms with E-state index in [1.54, 1.807) is 32.2 Å². The van der Waals surface area contributed by atoms with Gasteiger partial charge in [-0.15, -0.1) is 0 Å². The van der Waals surface area contributed by atoms with Crippen LogP contribution in [0.5, 0.6) is 0 Å². The fourth-order valence-corrected chi connectivity index (χ4v) is 1.32. The number of ether oxygens (including phenoxy) is 1. The molecule has 0 radical (unpaired) electrons. The van der Waals surface area contributed by atoms with Crippen LogP contribution in [0.25, 0.3) is 0 Å². The van der Waals surface area contributed by atoms with E-state index in [0.717, 1.165) is 5.56 Å². The smallest absolute Gasteiger partial charge is 0.251 e. The lowest BCUT2D eigenvalue weighted by Gasteiger charge is -2.10. The summed E-state index contributed by atoms with van der Waals surface area (Å²) in [6.07, 6.45) is 0. The van der Waals surface area contributed by atoms with Gasteiger partial charge in [0, 0.05) is 12.7 Å². The Morgan fingerprint density at radius 2 is 2.18 bits per heavy atom. The molecule has 0 bridgehead atoms. The first kappa shape index (κ1) is 13.2. The predicted molar refractivity (Wildman–Crippen MR) is 63.3 cm³/mol. The molecule has 1 atom stereocenters. The first-order valence-corrected chi connectivity index (χ1v) is 5.22. The number of nitrogens with two attached hydrogens (primary N) is 1. The van der Waals surface area contributed by atoms with E-state index in [4.69, 9.17) is 10.5 Å². The number of hydrogen-bond acceptors (Lipinski definition) is 3. The minimum Gasteiger partial charge on any atom is -0.380 e. The normalized spacial score (nSPS) is 11.9. The molecular formula is C12H16N2O3. The summed E-state index contributed by atoms with van der Waals surface area (Å²) in [5, 5.41) is 2.51. The van der Waals surface area contributed by atoms with Gasteiger partial charge in [0.15, 0.2) is 0 Å². The number of primary amides is 1. The number of rotatable bonds is 5. The highest BCUT2D eigenvalue weighted by Crippen LogP contribution is 2.06. The van der Waals surface area contributed by atoms with Crippen LogP contribution in [-0.4, -0.2) is 25.0 Å². The molecule has 0 aliphatic rings. The maximum atomic E-state index is 11.8. The second-order valence-corrected chi connectivity index (χ2v) is 3.73. The maximum Gasteiger partial charge on any atom is 0.251 e. The largest absolute Gasteiger partial charge is 0.380 e. The van der Waals surface area contributed by atoms with Crippen molar-refractivity contribution >= 4 is 11.8 Å². The molecule has 17 heavy (non-hydrogen) atoms. The molecule has 3 N–H and O–H groups in total. The number of hydrogen-bond donors (Lipinski definition) is 2. The molecule has 1 rings (SSSR count). The van der Waals surface area contributed by atoms with Crippen molar-refractivity contribution in [2.75, 3.05) is 7.11 Å². The molecule has 1 aromatic carbocycles. The van der Waals surface area contributed by atoms with Crippen LogP contribution in [0.15, 0.2) is 24.3 Å². The van der Waals surface area contributed by atoms with Gasteiger partial charge in [-0.3, -0.25) is 9.59 Å². The molecule has 0 fully saturated rings. The van der Waals surface area contributed by atoms with E-state index < -0.39 is 11.9 Å². The monoisotopic (exact) mass is 236 g/mol. The first-order valence-electron chi connectivity index (χ1n) is 5.22. The molecule has 5 nitrogen and oxygen atoms in total. The van der Waals surface area contributed by atoms with Crippen LogP contribution in [0.2, 0.25) is 0 Å². The molecule has 0 heterocycles. The average molecular weight is 236 g/mol. The third-order valence-corrected chi connectivity index (χ3v) is 2.27. The minimum atomic E-state index is -0.686. The summed E-state index contributed by atoms with van der Waals surface area (Å²) in [4.78, 5) is 22.6. The van der Waals surface area contributed by atoms with Gasteiger partial charge < -0.3 is 15.8 Å². The zero-order chi connectivity index (χ0) is 12.8. The quantitative estimate of drug-likeness (QED) is 0.778. The van der Waals surface area contributed by atoms with E-state index in [-0.39, 0.29) is 5.91 Å². The summed E-state index contributed by atoms with van der Waals surface area (Å²) < 4.78 is 4.98. The van der Waals surface area contributed by atoms with E-state index in [1.807, 2.05) is 6.07 Å². The molecule has 92 valence electrons. The van der Waals surface area contributed by atoms with Crippen molar-refractivity contribution in [2.45, 2.75) is 19.6 Å². The van der Waals surface area contributed by atoms with Gasteiger partial charge >= 0.3 is 0 Å².